The van der Waals surface area contributed by atoms with Gasteiger partial charge in [0, 0.05) is 26.5 Å². The zero-order valence-electron chi connectivity index (χ0n) is 18.1. The van der Waals surface area contributed by atoms with Crippen LogP contribution in [-0.4, -0.2) is 16.1 Å². The lowest BCUT2D eigenvalue weighted by Gasteiger charge is -2.15. The van der Waals surface area contributed by atoms with Gasteiger partial charge in [0.25, 0.3) is 0 Å². The summed E-state index contributed by atoms with van der Waals surface area (Å²) in [5.74, 6) is 0.0759. The van der Waals surface area contributed by atoms with E-state index in [2.05, 4.69) is 22.7 Å². The minimum atomic E-state index is -0.921. The van der Waals surface area contributed by atoms with Gasteiger partial charge in [0.2, 0.25) is 0 Å². The molecule has 1 heterocycles. The lowest BCUT2D eigenvalue weighted by molar-refractivity contribution is -0.136. The number of carboxylic acids is 1. The molecule has 9 heteroatoms. The summed E-state index contributed by atoms with van der Waals surface area (Å²) in [6, 6.07) is 16.2. The van der Waals surface area contributed by atoms with Crippen molar-refractivity contribution in [3.05, 3.63) is 80.9 Å². The molecule has 0 aliphatic rings. The molecular formula is C25H21Cl3N2O3S. The van der Waals surface area contributed by atoms with Gasteiger partial charge in [0.15, 0.2) is 5.75 Å². The first-order chi connectivity index (χ1) is 16.3. The second-order valence-electron chi connectivity index (χ2n) is 7.66. The molecule has 176 valence electrons. The van der Waals surface area contributed by atoms with E-state index in [0.29, 0.717) is 32.1 Å². The number of hydrogen-bond donors (Lipinski definition) is 3. The summed E-state index contributed by atoms with van der Waals surface area (Å²) in [5, 5.41) is 11.4. The molecule has 0 spiro atoms. The Labute approximate surface area is 216 Å². The Hall–Kier alpha value is -2.51. The van der Waals surface area contributed by atoms with Crippen LogP contribution in [0, 0.1) is 0 Å². The number of fused-ring (bicyclic) bond motifs is 1. The number of aryl methyl sites for hydroxylation is 1. The van der Waals surface area contributed by atoms with Crippen LogP contribution in [0.3, 0.4) is 0 Å². The topological polar surface area (TPSA) is 74.3 Å². The molecule has 4 aromatic rings. The van der Waals surface area contributed by atoms with Crippen molar-refractivity contribution in [2.45, 2.75) is 31.1 Å². The van der Waals surface area contributed by atoms with Crippen molar-refractivity contribution in [1.29, 1.82) is 0 Å². The van der Waals surface area contributed by atoms with E-state index >= 15 is 0 Å². The van der Waals surface area contributed by atoms with Crippen molar-refractivity contribution in [3.8, 4) is 11.5 Å². The van der Waals surface area contributed by atoms with E-state index in [1.807, 2.05) is 18.2 Å². The average molecular weight is 536 g/mol. The minimum Gasteiger partial charge on any atom is -0.481 e. The van der Waals surface area contributed by atoms with Gasteiger partial charge in [-0.2, -0.15) is 0 Å². The van der Waals surface area contributed by atoms with Gasteiger partial charge in [0.05, 0.1) is 22.2 Å². The van der Waals surface area contributed by atoms with Crippen molar-refractivity contribution in [2.75, 3.05) is 4.72 Å². The molecule has 4 rings (SSSR count). The van der Waals surface area contributed by atoms with Crippen LogP contribution in [0.4, 0.5) is 5.69 Å². The third kappa shape index (κ3) is 5.76. The number of rotatable bonds is 9. The Morgan fingerprint density at radius 1 is 1.03 bits per heavy atom. The predicted octanol–water partition coefficient (Wildman–Crippen LogP) is 8.62. The maximum absolute atomic E-state index is 11.0. The van der Waals surface area contributed by atoms with Crippen LogP contribution in [0.5, 0.6) is 11.5 Å². The minimum absolute atomic E-state index is 0.110. The number of ether oxygens (including phenoxy) is 1. The van der Waals surface area contributed by atoms with Crippen molar-refractivity contribution < 1.29 is 14.6 Å². The van der Waals surface area contributed by atoms with Crippen LogP contribution >= 0.6 is 46.8 Å². The number of halogens is 3. The third-order valence-corrected chi connectivity index (χ3v) is 6.91. The highest BCUT2D eigenvalue weighted by molar-refractivity contribution is 8.00. The van der Waals surface area contributed by atoms with Crippen LogP contribution in [-0.2, 0) is 17.6 Å². The normalized spacial score (nSPS) is 11.1. The molecule has 0 saturated carbocycles. The second-order valence-corrected chi connectivity index (χ2v) is 9.76. The number of carbonyl (C=O) groups is 1. The van der Waals surface area contributed by atoms with E-state index in [1.54, 1.807) is 30.3 Å². The maximum atomic E-state index is 11.0. The quantitative estimate of drug-likeness (QED) is 0.187. The molecule has 34 heavy (non-hydrogen) atoms. The Morgan fingerprint density at radius 3 is 2.53 bits per heavy atom. The van der Waals surface area contributed by atoms with Gasteiger partial charge in [-0.25, -0.2) is 0 Å². The summed E-state index contributed by atoms with van der Waals surface area (Å²) in [5.41, 5.74) is 3.46. The van der Waals surface area contributed by atoms with E-state index in [9.17, 15) is 4.79 Å². The number of anilines is 1. The molecule has 0 unspecified atom stereocenters. The van der Waals surface area contributed by atoms with E-state index in [0.717, 1.165) is 40.0 Å². The lowest BCUT2D eigenvalue weighted by atomic mass is 10.1. The van der Waals surface area contributed by atoms with Crippen LogP contribution < -0.4 is 9.46 Å². The fourth-order valence-electron chi connectivity index (χ4n) is 3.53. The van der Waals surface area contributed by atoms with E-state index < -0.39 is 5.97 Å². The van der Waals surface area contributed by atoms with Crippen molar-refractivity contribution in [1.82, 2.24) is 4.98 Å². The van der Waals surface area contributed by atoms with Crippen LogP contribution in [0.25, 0.3) is 10.9 Å². The molecule has 0 radical (unpaired) electrons. The number of aromatic nitrogens is 1. The first-order valence-corrected chi connectivity index (χ1v) is 12.5. The Morgan fingerprint density at radius 2 is 1.82 bits per heavy atom. The summed E-state index contributed by atoms with van der Waals surface area (Å²) in [7, 11) is 0. The van der Waals surface area contributed by atoms with Crippen molar-refractivity contribution in [2.24, 2.45) is 0 Å². The van der Waals surface area contributed by atoms with E-state index in [1.165, 1.54) is 11.9 Å². The molecule has 3 aromatic carbocycles. The molecular weight excluding hydrogens is 515 g/mol. The maximum Gasteiger partial charge on any atom is 0.307 e. The smallest absolute Gasteiger partial charge is 0.307 e. The summed E-state index contributed by atoms with van der Waals surface area (Å²) >= 11 is 20.1. The third-order valence-electron chi connectivity index (χ3n) is 5.07. The molecule has 0 amide bonds. The molecule has 1 aromatic heterocycles. The average Bonchev–Trinajstić information content (AvgIpc) is 3.18. The lowest BCUT2D eigenvalue weighted by Crippen LogP contribution is -2.00. The fraction of sp³-hybridized carbons (Fsp3) is 0.160. The first kappa shape index (κ1) is 24.6. The number of H-pyrrole nitrogens is 1. The number of hydrogen-bond acceptors (Lipinski definition) is 4. The van der Waals surface area contributed by atoms with Crippen molar-refractivity contribution >= 4 is 69.3 Å². The molecule has 0 atom stereocenters. The van der Waals surface area contributed by atoms with Gasteiger partial charge in [-0.3, -0.25) is 4.79 Å². The predicted molar refractivity (Wildman–Crippen MR) is 141 cm³/mol. The van der Waals surface area contributed by atoms with Crippen LogP contribution in [0.15, 0.2) is 59.5 Å². The highest BCUT2D eigenvalue weighted by atomic mass is 35.5. The van der Waals surface area contributed by atoms with Crippen LogP contribution in [0.1, 0.15) is 24.6 Å². The van der Waals surface area contributed by atoms with E-state index in [4.69, 9.17) is 44.6 Å². The van der Waals surface area contributed by atoms with Crippen LogP contribution in [0.2, 0.25) is 15.1 Å². The zero-order chi connectivity index (χ0) is 24.2. The monoisotopic (exact) mass is 534 g/mol. The number of carboxylic acid groups (broad SMARTS) is 1. The van der Waals surface area contributed by atoms with Gasteiger partial charge in [0.1, 0.15) is 5.75 Å². The zero-order valence-corrected chi connectivity index (χ0v) is 21.2. The Bertz CT molecular complexity index is 1360. The first-order valence-electron chi connectivity index (χ1n) is 10.5. The number of benzene rings is 3. The summed E-state index contributed by atoms with van der Waals surface area (Å²) < 4.78 is 9.58. The number of nitrogens with one attached hydrogen (secondary N) is 2. The summed E-state index contributed by atoms with van der Waals surface area (Å²) in [4.78, 5) is 15.3. The summed E-state index contributed by atoms with van der Waals surface area (Å²) in [6.07, 6.45) is 1.84. The summed E-state index contributed by atoms with van der Waals surface area (Å²) in [6.45, 7) is 2.13. The fourth-order valence-corrected chi connectivity index (χ4v) is 5.01. The second kappa shape index (κ2) is 10.8. The van der Waals surface area contributed by atoms with Gasteiger partial charge in [-0.05, 0) is 72.5 Å². The molecule has 0 saturated heterocycles. The highest BCUT2D eigenvalue weighted by Gasteiger charge is 2.16. The largest absolute Gasteiger partial charge is 0.481 e. The van der Waals surface area contributed by atoms with Gasteiger partial charge >= 0.3 is 5.97 Å². The molecule has 0 aliphatic heterocycles. The molecule has 0 bridgehead atoms. The van der Waals surface area contributed by atoms with E-state index in [-0.39, 0.29) is 6.42 Å². The van der Waals surface area contributed by atoms with Gasteiger partial charge < -0.3 is 19.5 Å². The molecule has 0 aliphatic carbocycles. The molecule has 5 nitrogen and oxygen atoms in total. The standard InChI is InChI=1S/C25H21Cl3N2O3S/c1-2-3-16-13-17-20(29-16)6-8-22(25(17)30-34-23-9-5-15(26)12-19(23)28)33-21-7-4-14(10-18(21)27)11-24(31)32/h4-10,12-13,29-30H,2-3,11H2,1H3,(H,31,32). The highest BCUT2D eigenvalue weighted by Crippen LogP contribution is 2.42. The molecule has 3 N–H and O–H groups in total. The molecule has 0 fully saturated rings. The number of aliphatic carboxylic acids is 1. The van der Waals surface area contributed by atoms with Gasteiger partial charge in [-0.15, -0.1) is 0 Å². The van der Waals surface area contributed by atoms with Gasteiger partial charge in [-0.1, -0.05) is 54.2 Å². The van der Waals surface area contributed by atoms with Crippen molar-refractivity contribution in [3.63, 3.8) is 0 Å². The SMILES string of the molecule is CCCc1cc2c(NSc3ccc(Cl)cc3Cl)c(Oc3ccc(CC(=O)O)cc3Cl)ccc2[nH]1. The number of aromatic amines is 1. The Balaban J connectivity index is 1.70. The Kier molecular flexibility index (Phi) is 7.84.